The predicted octanol–water partition coefficient (Wildman–Crippen LogP) is 20.6. The van der Waals surface area contributed by atoms with Gasteiger partial charge in [-0.3, -0.25) is 0 Å². The standard InChI is InChI=1S/C73H59NS/c1-71(2,3)52-45-49(46-53(47-52)72(4,5)6)54-35-21-25-48-26-22-36-57(68(48)54)55-31-14-18-40-63(55)74(64-41-19-15-32-56(64)58-37-23-44-67-69(58)60-34-16-20-43-66(60)75-67)65-42-24-39-62-70(65)59-33-13-17-38-61(59)73(62,50-27-9-7-10-28-50)51-29-11-8-12-30-51/h7-47H,1-6H3. The lowest BCUT2D eigenvalue weighted by molar-refractivity contribution is 0.569. The van der Waals surface area contributed by atoms with E-state index in [1.165, 1.54) is 103 Å². The van der Waals surface area contributed by atoms with Crippen LogP contribution >= 0.6 is 11.3 Å². The number of fused-ring (bicyclic) bond motifs is 7. The highest BCUT2D eigenvalue weighted by molar-refractivity contribution is 7.25. The Morgan fingerprint density at radius 1 is 0.347 bits per heavy atom. The molecule has 1 aliphatic rings. The SMILES string of the molecule is CC(C)(C)c1cc(-c2cccc3cccc(-c4ccccc4N(c4ccccc4-c4cccc5sc6ccccc6c45)c4cccc5c4-c4ccccc4C5(c4ccccc4)c4ccccc4)c23)cc(C(C)(C)C)c1. The third-order valence-corrected chi connectivity index (χ3v) is 17.0. The van der Waals surface area contributed by atoms with Crippen LogP contribution < -0.4 is 4.90 Å². The number of para-hydroxylation sites is 2. The molecule has 0 aliphatic heterocycles. The summed E-state index contributed by atoms with van der Waals surface area (Å²) in [6.07, 6.45) is 0. The van der Waals surface area contributed by atoms with Crippen LogP contribution in [0.15, 0.2) is 249 Å². The molecule has 0 bridgehead atoms. The third kappa shape index (κ3) is 7.57. The van der Waals surface area contributed by atoms with Crippen molar-refractivity contribution in [2.24, 2.45) is 0 Å². The molecule has 0 spiro atoms. The Labute approximate surface area is 446 Å². The summed E-state index contributed by atoms with van der Waals surface area (Å²) in [5.41, 5.74) is 20.2. The fourth-order valence-electron chi connectivity index (χ4n) is 12.3. The van der Waals surface area contributed by atoms with E-state index in [4.69, 9.17) is 0 Å². The molecule has 0 atom stereocenters. The first-order valence-corrected chi connectivity index (χ1v) is 27.2. The van der Waals surface area contributed by atoms with Crippen molar-refractivity contribution in [3.63, 3.8) is 0 Å². The second-order valence-corrected chi connectivity index (χ2v) is 23.5. The zero-order valence-electron chi connectivity index (χ0n) is 43.5. The van der Waals surface area contributed by atoms with Gasteiger partial charge in [0.15, 0.2) is 0 Å². The van der Waals surface area contributed by atoms with E-state index in [0.29, 0.717) is 0 Å². The van der Waals surface area contributed by atoms with Crippen molar-refractivity contribution in [2.45, 2.75) is 57.8 Å². The van der Waals surface area contributed by atoms with E-state index in [-0.39, 0.29) is 10.8 Å². The molecule has 0 N–H and O–H groups in total. The van der Waals surface area contributed by atoms with Crippen molar-refractivity contribution in [1.82, 2.24) is 0 Å². The monoisotopic (exact) mass is 981 g/mol. The van der Waals surface area contributed by atoms with Gasteiger partial charge in [0.1, 0.15) is 0 Å². The van der Waals surface area contributed by atoms with E-state index >= 15 is 0 Å². The molecule has 0 fully saturated rings. The van der Waals surface area contributed by atoms with Crippen molar-refractivity contribution in [3.8, 4) is 44.5 Å². The minimum Gasteiger partial charge on any atom is -0.309 e. The zero-order valence-corrected chi connectivity index (χ0v) is 44.3. The van der Waals surface area contributed by atoms with Gasteiger partial charge in [0.25, 0.3) is 0 Å². The van der Waals surface area contributed by atoms with Gasteiger partial charge < -0.3 is 4.90 Å². The highest BCUT2D eigenvalue weighted by atomic mass is 32.1. The largest absolute Gasteiger partial charge is 0.309 e. The molecule has 12 aromatic rings. The fourth-order valence-corrected chi connectivity index (χ4v) is 13.4. The molecule has 1 heterocycles. The molecule has 1 nitrogen and oxygen atoms in total. The number of hydrogen-bond acceptors (Lipinski definition) is 2. The quantitative estimate of drug-likeness (QED) is 0.147. The van der Waals surface area contributed by atoms with Crippen molar-refractivity contribution < 1.29 is 0 Å². The van der Waals surface area contributed by atoms with Crippen LogP contribution in [0, 0.1) is 0 Å². The maximum atomic E-state index is 2.61. The Balaban J connectivity index is 1.14. The topological polar surface area (TPSA) is 3.24 Å². The highest BCUT2D eigenvalue weighted by Gasteiger charge is 2.47. The van der Waals surface area contributed by atoms with E-state index in [1.54, 1.807) is 0 Å². The summed E-state index contributed by atoms with van der Waals surface area (Å²) in [7, 11) is 0. The summed E-state index contributed by atoms with van der Waals surface area (Å²) < 4.78 is 2.58. The second kappa shape index (κ2) is 18.0. The number of rotatable bonds is 8. The van der Waals surface area contributed by atoms with Crippen LogP contribution in [0.4, 0.5) is 17.1 Å². The zero-order chi connectivity index (χ0) is 51.1. The first kappa shape index (κ1) is 46.5. The van der Waals surface area contributed by atoms with Gasteiger partial charge in [0, 0.05) is 36.9 Å². The Morgan fingerprint density at radius 3 is 1.43 bits per heavy atom. The maximum absolute atomic E-state index is 2.61. The Kier molecular flexibility index (Phi) is 11.1. The maximum Gasteiger partial charge on any atom is 0.0714 e. The minimum atomic E-state index is -0.575. The molecule has 0 amide bonds. The van der Waals surface area contributed by atoms with Crippen LogP contribution in [-0.2, 0) is 16.2 Å². The van der Waals surface area contributed by atoms with Crippen LogP contribution in [0.1, 0.15) is 74.9 Å². The minimum absolute atomic E-state index is 0.0310. The molecule has 11 aromatic carbocycles. The molecule has 13 rings (SSSR count). The molecule has 2 heteroatoms. The lowest BCUT2D eigenvalue weighted by Gasteiger charge is -2.35. The molecule has 75 heavy (non-hydrogen) atoms. The summed E-state index contributed by atoms with van der Waals surface area (Å²) in [5, 5.41) is 5.04. The van der Waals surface area contributed by atoms with Crippen LogP contribution in [0.5, 0.6) is 0 Å². The summed E-state index contributed by atoms with van der Waals surface area (Å²) in [6.45, 7) is 14.0. The Bertz CT molecular complexity index is 4070. The van der Waals surface area contributed by atoms with E-state index in [0.717, 1.165) is 22.6 Å². The fraction of sp³-hybridized carbons (Fsp3) is 0.123. The van der Waals surface area contributed by atoms with Crippen molar-refractivity contribution in [3.05, 3.63) is 282 Å². The van der Waals surface area contributed by atoms with Gasteiger partial charge in [-0.2, -0.15) is 0 Å². The smallest absolute Gasteiger partial charge is 0.0714 e. The highest BCUT2D eigenvalue weighted by Crippen LogP contribution is 2.61. The average molecular weight is 982 g/mol. The molecule has 0 saturated heterocycles. The molecular weight excluding hydrogens is 923 g/mol. The lowest BCUT2D eigenvalue weighted by atomic mass is 9.68. The van der Waals surface area contributed by atoms with Gasteiger partial charge in [-0.15, -0.1) is 11.3 Å². The van der Waals surface area contributed by atoms with E-state index < -0.39 is 5.41 Å². The van der Waals surface area contributed by atoms with E-state index in [9.17, 15) is 0 Å². The van der Waals surface area contributed by atoms with Gasteiger partial charge in [0.2, 0.25) is 0 Å². The second-order valence-electron chi connectivity index (χ2n) is 22.4. The summed E-state index contributed by atoms with van der Waals surface area (Å²) in [6, 6.07) is 93.7. The van der Waals surface area contributed by atoms with Gasteiger partial charge in [0.05, 0.1) is 22.5 Å². The molecule has 362 valence electrons. The van der Waals surface area contributed by atoms with E-state index in [1.807, 2.05) is 11.3 Å². The van der Waals surface area contributed by atoms with Gasteiger partial charge in [-0.25, -0.2) is 0 Å². The average Bonchev–Trinajstić information content (AvgIpc) is 4.00. The van der Waals surface area contributed by atoms with Gasteiger partial charge >= 0.3 is 0 Å². The molecular formula is C73H59NS. The molecule has 0 saturated carbocycles. The van der Waals surface area contributed by atoms with E-state index in [2.05, 4.69) is 295 Å². The Hall–Kier alpha value is -8.30. The summed E-state index contributed by atoms with van der Waals surface area (Å²) in [4.78, 5) is 2.61. The number of hydrogen-bond donors (Lipinski definition) is 0. The number of anilines is 3. The van der Waals surface area contributed by atoms with Crippen LogP contribution in [-0.4, -0.2) is 0 Å². The van der Waals surface area contributed by atoms with Crippen molar-refractivity contribution >= 4 is 59.3 Å². The molecule has 1 aromatic heterocycles. The molecule has 0 radical (unpaired) electrons. The number of nitrogens with zero attached hydrogens (tertiary/aromatic N) is 1. The van der Waals surface area contributed by atoms with Gasteiger partial charge in [-0.05, 0) is 113 Å². The molecule has 0 unspecified atom stereocenters. The summed E-state index contributed by atoms with van der Waals surface area (Å²) in [5.74, 6) is 0. The van der Waals surface area contributed by atoms with Crippen LogP contribution in [0.2, 0.25) is 0 Å². The first-order valence-electron chi connectivity index (χ1n) is 26.4. The van der Waals surface area contributed by atoms with Crippen LogP contribution in [0.25, 0.3) is 75.5 Å². The Morgan fingerprint density at radius 2 is 0.800 bits per heavy atom. The number of benzene rings is 11. The third-order valence-electron chi connectivity index (χ3n) is 15.9. The van der Waals surface area contributed by atoms with Crippen molar-refractivity contribution in [2.75, 3.05) is 4.90 Å². The lowest BCUT2D eigenvalue weighted by Crippen LogP contribution is -2.28. The summed E-state index contributed by atoms with van der Waals surface area (Å²) >= 11 is 1.87. The normalized spacial score (nSPS) is 13.0. The molecule has 1 aliphatic carbocycles. The predicted molar refractivity (Wildman–Crippen MR) is 323 cm³/mol. The first-order chi connectivity index (χ1) is 36.5. The van der Waals surface area contributed by atoms with Gasteiger partial charge in [-0.1, -0.05) is 260 Å². The van der Waals surface area contributed by atoms with Crippen LogP contribution in [0.3, 0.4) is 0 Å². The van der Waals surface area contributed by atoms with Crippen molar-refractivity contribution in [1.29, 1.82) is 0 Å². The number of thiophene rings is 1.